The second-order valence-corrected chi connectivity index (χ2v) is 4.92. The Bertz CT molecular complexity index is 659. The predicted molar refractivity (Wildman–Crippen MR) is 77.4 cm³/mol. The van der Waals surface area contributed by atoms with E-state index in [1.807, 2.05) is 13.0 Å². The second kappa shape index (κ2) is 6.00. The Morgan fingerprint density at radius 2 is 2.00 bits per heavy atom. The smallest absolute Gasteiger partial charge is 0.247 e. The third-order valence-corrected chi connectivity index (χ3v) is 3.62. The monoisotopic (exact) mass is 336 g/mol. The minimum Gasteiger partial charge on any atom is -0.480 e. The number of halogens is 1. The number of aryl methyl sites for hydroxylation is 1. The molecule has 0 spiro atoms. The quantitative estimate of drug-likeness (QED) is 0.803. The van der Waals surface area contributed by atoms with E-state index >= 15 is 0 Å². The third-order valence-electron chi connectivity index (χ3n) is 2.77. The van der Waals surface area contributed by atoms with Gasteiger partial charge in [-0.15, -0.1) is 0 Å². The normalized spacial score (nSPS) is 10.2. The van der Waals surface area contributed by atoms with Crippen molar-refractivity contribution in [1.82, 2.24) is 9.97 Å². The first-order valence-corrected chi connectivity index (χ1v) is 6.62. The van der Waals surface area contributed by atoms with Gasteiger partial charge in [-0.25, -0.2) is 4.98 Å². The van der Waals surface area contributed by atoms with Crippen molar-refractivity contribution < 1.29 is 14.3 Å². The van der Waals surface area contributed by atoms with Gasteiger partial charge in [0.25, 0.3) is 0 Å². The number of carbonyl (C=O) groups excluding carboxylic acids is 1. The Morgan fingerprint density at radius 1 is 1.25 bits per heavy atom. The highest BCUT2D eigenvalue weighted by molar-refractivity contribution is 9.10. The van der Waals surface area contributed by atoms with Crippen LogP contribution in [0.25, 0.3) is 0 Å². The van der Waals surface area contributed by atoms with Crippen molar-refractivity contribution in [1.29, 1.82) is 0 Å². The van der Waals surface area contributed by atoms with Crippen LogP contribution >= 0.6 is 15.9 Å². The van der Waals surface area contributed by atoms with Crippen LogP contribution in [-0.2, 0) is 0 Å². The van der Waals surface area contributed by atoms with Crippen LogP contribution in [0.15, 0.2) is 28.9 Å². The molecule has 1 aromatic carbocycles. The van der Waals surface area contributed by atoms with E-state index < -0.39 is 0 Å². The fourth-order valence-corrected chi connectivity index (χ4v) is 2.00. The van der Waals surface area contributed by atoms with Crippen LogP contribution in [0.4, 0.5) is 0 Å². The number of aromatic nitrogens is 2. The largest absolute Gasteiger partial charge is 0.480 e. The Morgan fingerprint density at radius 3 is 2.60 bits per heavy atom. The van der Waals surface area contributed by atoms with E-state index in [1.54, 1.807) is 12.1 Å². The average Bonchev–Trinajstić information content (AvgIpc) is 2.48. The summed E-state index contributed by atoms with van der Waals surface area (Å²) in [5.74, 6) is 0.187. The van der Waals surface area contributed by atoms with Gasteiger partial charge in [-0.3, -0.25) is 4.79 Å². The summed E-state index contributed by atoms with van der Waals surface area (Å²) in [7, 11) is 2.91. The number of carbonyl (C=O) groups is 1. The fraction of sp³-hybridized carbons (Fsp3) is 0.214. The molecular weight excluding hydrogens is 324 g/mol. The molecule has 0 saturated carbocycles. The third kappa shape index (κ3) is 2.80. The first-order valence-electron chi connectivity index (χ1n) is 5.82. The number of benzene rings is 1. The number of ketones is 1. The van der Waals surface area contributed by atoms with Gasteiger partial charge >= 0.3 is 0 Å². The lowest BCUT2D eigenvalue weighted by Crippen LogP contribution is -2.09. The maximum atomic E-state index is 12.4. The van der Waals surface area contributed by atoms with Gasteiger partial charge in [-0.05, 0) is 18.6 Å². The molecule has 2 aromatic rings. The molecule has 0 amide bonds. The molecule has 0 fully saturated rings. The molecule has 104 valence electrons. The molecule has 0 aliphatic rings. The molecule has 0 bridgehead atoms. The number of methoxy groups -OCH3 is 2. The van der Waals surface area contributed by atoms with E-state index in [-0.39, 0.29) is 17.4 Å². The topological polar surface area (TPSA) is 61.3 Å². The maximum absolute atomic E-state index is 12.4. The SMILES string of the molecule is COc1cnc(C(=O)c2ccc(C)c(Br)c2)c(OC)n1. The van der Waals surface area contributed by atoms with Crippen LogP contribution in [0, 0.1) is 6.92 Å². The summed E-state index contributed by atoms with van der Waals surface area (Å²) in [6, 6.07) is 5.36. The highest BCUT2D eigenvalue weighted by Gasteiger charge is 2.19. The molecule has 2 rings (SSSR count). The van der Waals surface area contributed by atoms with Crippen molar-refractivity contribution in [2.75, 3.05) is 14.2 Å². The number of nitrogens with zero attached hydrogens (tertiary/aromatic N) is 2. The lowest BCUT2D eigenvalue weighted by molar-refractivity contribution is 0.103. The molecule has 5 nitrogen and oxygen atoms in total. The molecule has 0 aliphatic heterocycles. The number of rotatable bonds is 4. The molecule has 0 atom stereocenters. The number of ether oxygens (including phenoxy) is 2. The number of hydrogen-bond donors (Lipinski definition) is 0. The van der Waals surface area contributed by atoms with E-state index in [1.165, 1.54) is 20.4 Å². The molecule has 1 heterocycles. The van der Waals surface area contributed by atoms with Crippen LogP contribution in [0.1, 0.15) is 21.6 Å². The van der Waals surface area contributed by atoms with Gasteiger partial charge in [-0.2, -0.15) is 4.98 Å². The van der Waals surface area contributed by atoms with Crippen molar-refractivity contribution in [3.63, 3.8) is 0 Å². The Hall–Kier alpha value is -1.95. The summed E-state index contributed by atoms with van der Waals surface area (Å²) in [6.07, 6.45) is 1.39. The van der Waals surface area contributed by atoms with Crippen molar-refractivity contribution >= 4 is 21.7 Å². The lowest BCUT2D eigenvalue weighted by atomic mass is 10.1. The molecule has 1 aromatic heterocycles. The minimum absolute atomic E-state index is 0.144. The van der Waals surface area contributed by atoms with E-state index in [0.29, 0.717) is 11.4 Å². The van der Waals surface area contributed by atoms with Crippen LogP contribution in [0.3, 0.4) is 0 Å². The molecule has 0 unspecified atom stereocenters. The predicted octanol–water partition coefficient (Wildman–Crippen LogP) is 2.80. The Kier molecular flexibility index (Phi) is 4.34. The minimum atomic E-state index is -0.252. The van der Waals surface area contributed by atoms with Crippen molar-refractivity contribution in [3.8, 4) is 11.8 Å². The average molecular weight is 337 g/mol. The first-order chi connectivity index (χ1) is 9.56. The molecule has 20 heavy (non-hydrogen) atoms. The number of hydrogen-bond acceptors (Lipinski definition) is 5. The van der Waals surface area contributed by atoms with Crippen LogP contribution in [0.5, 0.6) is 11.8 Å². The molecule has 6 heteroatoms. The molecule has 0 N–H and O–H groups in total. The van der Waals surface area contributed by atoms with E-state index in [4.69, 9.17) is 9.47 Å². The summed E-state index contributed by atoms with van der Waals surface area (Å²) in [4.78, 5) is 20.6. The van der Waals surface area contributed by atoms with Gasteiger partial charge < -0.3 is 9.47 Å². The van der Waals surface area contributed by atoms with Crippen molar-refractivity contribution in [2.24, 2.45) is 0 Å². The molecule has 0 radical (unpaired) electrons. The standard InChI is InChI=1S/C14H13BrN2O3/c1-8-4-5-9(6-10(8)15)13(18)12-14(20-3)17-11(19-2)7-16-12/h4-7H,1-3H3. The molecular formula is C14H13BrN2O3. The highest BCUT2D eigenvalue weighted by atomic mass is 79.9. The summed E-state index contributed by atoms with van der Waals surface area (Å²) >= 11 is 3.41. The summed E-state index contributed by atoms with van der Waals surface area (Å²) < 4.78 is 10.9. The Balaban J connectivity index is 2.44. The van der Waals surface area contributed by atoms with Gasteiger partial charge in [0.2, 0.25) is 17.5 Å². The van der Waals surface area contributed by atoms with E-state index in [2.05, 4.69) is 25.9 Å². The van der Waals surface area contributed by atoms with Gasteiger partial charge in [0.1, 0.15) is 0 Å². The van der Waals surface area contributed by atoms with Gasteiger partial charge in [0, 0.05) is 10.0 Å². The highest BCUT2D eigenvalue weighted by Crippen LogP contribution is 2.23. The zero-order valence-corrected chi connectivity index (χ0v) is 12.9. The van der Waals surface area contributed by atoms with Crippen LogP contribution < -0.4 is 9.47 Å². The lowest BCUT2D eigenvalue weighted by Gasteiger charge is -2.08. The summed E-state index contributed by atoms with van der Waals surface area (Å²) in [5.41, 5.74) is 1.72. The van der Waals surface area contributed by atoms with Crippen molar-refractivity contribution in [2.45, 2.75) is 6.92 Å². The zero-order valence-electron chi connectivity index (χ0n) is 11.3. The Labute approximate surface area is 125 Å². The van der Waals surface area contributed by atoms with Gasteiger partial charge in [0.15, 0.2) is 5.69 Å². The summed E-state index contributed by atoms with van der Waals surface area (Å²) in [5, 5.41) is 0. The van der Waals surface area contributed by atoms with Crippen LogP contribution in [0.2, 0.25) is 0 Å². The zero-order chi connectivity index (χ0) is 14.7. The van der Waals surface area contributed by atoms with E-state index in [9.17, 15) is 4.79 Å². The molecule has 0 aliphatic carbocycles. The van der Waals surface area contributed by atoms with Gasteiger partial charge in [0.05, 0.1) is 20.4 Å². The molecule has 0 saturated heterocycles. The first kappa shape index (κ1) is 14.5. The second-order valence-electron chi connectivity index (χ2n) is 4.06. The van der Waals surface area contributed by atoms with E-state index in [0.717, 1.165) is 10.0 Å². The van der Waals surface area contributed by atoms with Crippen LogP contribution in [-0.4, -0.2) is 30.0 Å². The fourth-order valence-electron chi connectivity index (χ4n) is 1.62. The van der Waals surface area contributed by atoms with Crippen molar-refractivity contribution in [3.05, 3.63) is 45.7 Å². The summed E-state index contributed by atoms with van der Waals surface area (Å²) in [6.45, 7) is 1.95. The maximum Gasteiger partial charge on any atom is 0.247 e. The van der Waals surface area contributed by atoms with Gasteiger partial charge in [-0.1, -0.05) is 28.1 Å².